The van der Waals surface area contributed by atoms with Gasteiger partial charge in [-0.1, -0.05) is 13.8 Å². The van der Waals surface area contributed by atoms with Crippen LogP contribution in [0.5, 0.6) is 0 Å². The standard InChI is InChI=1S/C24H33F3N4O2/c1-4-17-18(5-2)28-20-13-19(15-7-9-16(10-8-15)24(25,26)27)29-31(20)21(17)30-12-6-11-23(3,14-30)22(32)33/h13,15-16H,4-12,14H2,1-3H3,(H,32,33)/t15-,16-,23-/m1/s1. The first kappa shape index (κ1) is 23.8. The Labute approximate surface area is 192 Å². The van der Waals surface area contributed by atoms with E-state index in [4.69, 9.17) is 10.1 Å². The number of hydrogen-bond acceptors (Lipinski definition) is 4. The van der Waals surface area contributed by atoms with Gasteiger partial charge < -0.3 is 10.0 Å². The van der Waals surface area contributed by atoms with Crippen molar-refractivity contribution in [1.82, 2.24) is 14.6 Å². The first-order valence-electron chi connectivity index (χ1n) is 12.0. The molecule has 33 heavy (non-hydrogen) atoms. The van der Waals surface area contributed by atoms with Gasteiger partial charge in [-0.3, -0.25) is 4.79 Å². The SMILES string of the molecule is CCc1nc2cc([C@H]3CC[C@H](C(F)(F)F)CC3)nn2c(N2CCC[C@@](C)(C(=O)O)C2)c1CC. The molecule has 0 unspecified atom stereocenters. The minimum absolute atomic E-state index is 0.0149. The summed E-state index contributed by atoms with van der Waals surface area (Å²) in [6.45, 7) is 7.04. The molecule has 1 saturated heterocycles. The summed E-state index contributed by atoms with van der Waals surface area (Å²) in [4.78, 5) is 18.9. The number of aromatic nitrogens is 3. The fourth-order valence-corrected chi connectivity index (χ4v) is 5.58. The van der Waals surface area contributed by atoms with E-state index in [2.05, 4.69) is 18.7 Å². The predicted molar refractivity (Wildman–Crippen MR) is 120 cm³/mol. The molecule has 182 valence electrons. The Morgan fingerprint density at radius 3 is 2.48 bits per heavy atom. The van der Waals surface area contributed by atoms with Crippen LogP contribution in [0.25, 0.3) is 5.65 Å². The summed E-state index contributed by atoms with van der Waals surface area (Å²) in [5.74, 6) is -1.14. The Kier molecular flexibility index (Phi) is 6.35. The lowest BCUT2D eigenvalue weighted by atomic mass is 9.80. The molecule has 1 atom stereocenters. The van der Waals surface area contributed by atoms with Gasteiger partial charge in [0.05, 0.1) is 17.0 Å². The Hall–Kier alpha value is -2.32. The third kappa shape index (κ3) is 4.43. The lowest BCUT2D eigenvalue weighted by Gasteiger charge is -2.39. The molecule has 3 heterocycles. The zero-order valence-corrected chi connectivity index (χ0v) is 19.6. The van der Waals surface area contributed by atoms with Crippen molar-refractivity contribution in [2.24, 2.45) is 11.3 Å². The molecule has 0 amide bonds. The van der Waals surface area contributed by atoms with Gasteiger partial charge >= 0.3 is 12.1 Å². The normalized spacial score (nSPS) is 26.7. The number of aryl methyl sites for hydroxylation is 1. The van der Waals surface area contributed by atoms with Crippen molar-refractivity contribution < 1.29 is 23.1 Å². The number of carboxylic acid groups (broad SMARTS) is 1. The largest absolute Gasteiger partial charge is 0.481 e. The zero-order valence-electron chi connectivity index (χ0n) is 19.6. The van der Waals surface area contributed by atoms with Crippen molar-refractivity contribution in [2.75, 3.05) is 18.0 Å². The number of carboxylic acids is 1. The number of alkyl halides is 3. The van der Waals surface area contributed by atoms with Gasteiger partial charge in [0, 0.05) is 36.3 Å². The second-order valence-electron chi connectivity index (χ2n) is 9.89. The van der Waals surface area contributed by atoms with Crippen LogP contribution in [0.3, 0.4) is 0 Å². The van der Waals surface area contributed by atoms with Crippen LogP contribution in [0.1, 0.15) is 82.2 Å². The van der Waals surface area contributed by atoms with Crippen LogP contribution in [0, 0.1) is 11.3 Å². The Morgan fingerprint density at radius 2 is 1.91 bits per heavy atom. The van der Waals surface area contributed by atoms with Crippen LogP contribution in [0.2, 0.25) is 0 Å². The fraction of sp³-hybridized carbons (Fsp3) is 0.708. The molecule has 2 aliphatic rings. The van der Waals surface area contributed by atoms with Crippen LogP contribution in [0.15, 0.2) is 6.07 Å². The summed E-state index contributed by atoms with van der Waals surface area (Å²) in [6, 6.07) is 1.92. The summed E-state index contributed by atoms with van der Waals surface area (Å²) in [5, 5.41) is 14.7. The second-order valence-corrected chi connectivity index (χ2v) is 9.89. The number of carbonyl (C=O) groups is 1. The Bertz CT molecular complexity index is 1030. The molecule has 2 aromatic rings. The van der Waals surface area contributed by atoms with E-state index in [0.29, 0.717) is 31.5 Å². The highest BCUT2D eigenvalue weighted by Gasteiger charge is 2.42. The van der Waals surface area contributed by atoms with Gasteiger partial charge in [-0.25, -0.2) is 4.98 Å². The van der Waals surface area contributed by atoms with E-state index in [0.717, 1.165) is 48.6 Å². The van der Waals surface area contributed by atoms with Crippen LogP contribution in [0.4, 0.5) is 19.0 Å². The maximum Gasteiger partial charge on any atom is 0.391 e. The maximum absolute atomic E-state index is 13.1. The van der Waals surface area contributed by atoms with Gasteiger partial charge in [-0.2, -0.15) is 22.8 Å². The van der Waals surface area contributed by atoms with Crippen molar-refractivity contribution in [2.45, 2.75) is 84.2 Å². The number of halogens is 3. The van der Waals surface area contributed by atoms with Crippen molar-refractivity contribution >= 4 is 17.4 Å². The highest BCUT2D eigenvalue weighted by atomic mass is 19.4. The maximum atomic E-state index is 13.1. The topological polar surface area (TPSA) is 70.7 Å². The molecule has 1 aliphatic carbocycles. The van der Waals surface area contributed by atoms with E-state index >= 15 is 0 Å². The number of fused-ring (bicyclic) bond motifs is 1. The average Bonchev–Trinajstić information content (AvgIpc) is 3.20. The second kappa shape index (κ2) is 8.80. The molecule has 0 aromatic carbocycles. The molecule has 1 saturated carbocycles. The van der Waals surface area contributed by atoms with E-state index < -0.39 is 23.5 Å². The first-order valence-corrected chi connectivity index (χ1v) is 12.0. The van der Waals surface area contributed by atoms with Gasteiger partial charge in [0.1, 0.15) is 5.82 Å². The van der Waals surface area contributed by atoms with Gasteiger partial charge in [0.25, 0.3) is 0 Å². The summed E-state index contributed by atoms with van der Waals surface area (Å²) in [5.41, 5.74) is 2.68. The van der Waals surface area contributed by atoms with Gasteiger partial charge in [-0.05, 0) is 58.3 Å². The molecule has 2 fully saturated rings. The number of nitrogens with zero attached hydrogens (tertiary/aromatic N) is 4. The van der Waals surface area contributed by atoms with E-state index in [1.165, 1.54) is 0 Å². The predicted octanol–water partition coefficient (Wildman–Crippen LogP) is 5.38. The van der Waals surface area contributed by atoms with E-state index in [9.17, 15) is 23.1 Å². The number of piperidine rings is 1. The molecular formula is C24H33F3N4O2. The number of aliphatic carboxylic acids is 1. The molecule has 1 N–H and O–H groups in total. The van der Waals surface area contributed by atoms with Gasteiger partial charge in [-0.15, -0.1) is 0 Å². The summed E-state index contributed by atoms with van der Waals surface area (Å²) in [7, 11) is 0. The third-order valence-corrected chi connectivity index (χ3v) is 7.59. The van der Waals surface area contributed by atoms with E-state index in [1.807, 2.05) is 10.6 Å². The zero-order chi connectivity index (χ0) is 24.0. The van der Waals surface area contributed by atoms with Gasteiger partial charge in [0.2, 0.25) is 0 Å². The number of hydrogen-bond donors (Lipinski definition) is 1. The number of anilines is 1. The number of rotatable bonds is 5. The van der Waals surface area contributed by atoms with Crippen molar-refractivity contribution in [3.05, 3.63) is 23.0 Å². The minimum Gasteiger partial charge on any atom is -0.481 e. The van der Waals surface area contributed by atoms with Crippen LogP contribution < -0.4 is 4.90 Å². The third-order valence-electron chi connectivity index (χ3n) is 7.59. The molecule has 0 bridgehead atoms. The monoisotopic (exact) mass is 466 g/mol. The van der Waals surface area contributed by atoms with E-state index in [-0.39, 0.29) is 18.8 Å². The molecule has 4 rings (SSSR count). The van der Waals surface area contributed by atoms with Crippen LogP contribution in [-0.4, -0.2) is 44.9 Å². The van der Waals surface area contributed by atoms with Crippen molar-refractivity contribution in [1.29, 1.82) is 0 Å². The average molecular weight is 467 g/mol. The first-order chi connectivity index (χ1) is 15.6. The summed E-state index contributed by atoms with van der Waals surface area (Å²) < 4.78 is 41.1. The molecule has 2 aromatic heterocycles. The lowest BCUT2D eigenvalue weighted by Crippen LogP contribution is -2.47. The smallest absolute Gasteiger partial charge is 0.391 e. The quantitative estimate of drug-likeness (QED) is 0.641. The van der Waals surface area contributed by atoms with E-state index in [1.54, 1.807) is 6.92 Å². The Morgan fingerprint density at radius 1 is 1.21 bits per heavy atom. The highest BCUT2D eigenvalue weighted by Crippen LogP contribution is 2.43. The molecule has 9 heteroatoms. The van der Waals surface area contributed by atoms with Gasteiger partial charge in [0.15, 0.2) is 5.65 Å². The molecular weight excluding hydrogens is 433 g/mol. The molecule has 6 nitrogen and oxygen atoms in total. The Balaban J connectivity index is 1.73. The van der Waals surface area contributed by atoms with Crippen LogP contribution in [-0.2, 0) is 17.6 Å². The summed E-state index contributed by atoms with van der Waals surface area (Å²) >= 11 is 0. The minimum atomic E-state index is -4.13. The van der Waals surface area contributed by atoms with Crippen LogP contribution >= 0.6 is 0 Å². The molecule has 0 spiro atoms. The summed E-state index contributed by atoms with van der Waals surface area (Å²) in [6.07, 6.45) is -0.0550. The highest BCUT2D eigenvalue weighted by molar-refractivity contribution is 5.75. The molecule has 0 radical (unpaired) electrons. The lowest BCUT2D eigenvalue weighted by molar-refractivity contribution is -0.182. The molecule has 1 aliphatic heterocycles. The van der Waals surface area contributed by atoms with Crippen molar-refractivity contribution in [3.8, 4) is 0 Å². The fourth-order valence-electron chi connectivity index (χ4n) is 5.58. The van der Waals surface area contributed by atoms with Crippen molar-refractivity contribution in [3.63, 3.8) is 0 Å².